The van der Waals surface area contributed by atoms with Crippen LogP contribution in [0.4, 0.5) is 10.5 Å². The molecule has 6 nitrogen and oxygen atoms in total. The first-order valence-corrected chi connectivity index (χ1v) is 7.96. The second-order valence-electron chi connectivity index (χ2n) is 5.88. The van der Waals surface area contributed by atoms with E-state index in [2.05, 4.69) is 17.6 Å². The number of carbonyl (C=O) groups excluding carboxylic acids is 1. The molecule has 1 fully saturated rings. The molecule has 1 aromatic rings. The molecule has 0 aromatic heterocycles. The molecule has 23 heavy (non-hydrogen) atoms. The van der Waals surface area contributed by atoms with E-state index in [9.17, 15) is 4.79 Å². The van der Waals surface area contributed by atoms with Crippen molar-refractivity contribution in [1.29, 1.82) is 0 Å². The maximum Gasteiger partial charge on any atom is 0.319 e. The van der Waals surface area contributed by atoms with Crippen LogP contribution in [0.15, 0.2) is 12.1 Å². The van der Waals surface area contributed by atoms with Gasteiger partial charge in [0.15, 0.2) is 11.5 Å². The summed E-state index contributed by atoms with van der Waals surface area (Å²) in [6.07, 6.45) is 4.60. The minimum atomic E-state index is -0.210. The highest BCUT2D eigenvalue weighted by molar-refractivity contribution is 5.90. The van der Waals surface area contributed by atoms with Crippen LogP contribution in [-0.2, 0) is 0 Å². The lowest BCUT2D eigenvalue weighted by Gasteiger charge is -2.29. The number of amides is 2. The molecule has 1 aromatic carbocycles. The van der Waals surface area contributed by atoms with Crippen molar-refractivity contribution in [3.8, 4) is 17.2 Å². The number of anilines is 1. The number of ether oxygens (including phenoxy) is 3. The molecule has 2 amide bonds. The fraction of sp³-hybridized carbons (Fsp3) is 0.588. The summed E-state index contributed by atoms with van der Waals surface area (Å²) in [5, 5.41) is 5.90. The number of hydrogen-bond acceptors (Lipinski definition) is 4. The number of carbonyl (C=O) groups is 1. The van der Waals surface area contributed by atoms with Gasteiger partial charge in [0.25, 0.3) is 0 Å². The molecule has 0 radical (unpaired) electrons. The van der Waals surface area contributed by atoms with E-state index in [0.717, 1.165) is 12.8 Å². The maximum absolute atomic E-state index is 12.2. The molecule has 0 spiro atoms. The molecule has 1 saturated carbocycles. The lowest BCUT2D eigenvalue weighted by Crippen LogP contribution is -2.43. The van der Waals surface area contributed by atoms with Gasteiger partial charge in [0.2, 0.25) is 5.75 Å². The van der Waals surface area contributed by atoms with E-state index >= 15 is 0 Å². The van der Waals surface area contributed by atoms with Crippen molar-refractivity contribution >= 4 is 11.7 Å². The van der Waals surface area contributed by atoms with Crippen LogP contribution >= 0.6 is 0 Å². The molecule has 0 saturated heterocycles. The standard InChI is InChI=1S/C17H26N2O4/c1-11-7-5-6-8-13(11)19-17(20)18-12-9-14(21-2)16(23-4)15(10-12)22-3/h9-11,13H,5-8H2,1-4H3,(H2,18,19,20). The molecule has 0 heterocycles. The maximum atomic E-state index is 12.2. The number of hydrogen-bond donors (Lipinski definition) is 2. The minimum absolute atomic E-state index is 0.210. The van der Waals surface area contributed by atoms with Crippen LogP contribution in [0.3, 0.4) is 0 Å². The molecular weight excluding hydrogens is 296 g/mol. The van der Waals surface area contributed by atoms with Crippen molar-refractivity contribution < 1.29 is 19.0 Å². The van der Waals surface area contributed by atoms with Crippen LogP contribution in [0.2, 0.25) is 0 Å². The molecule has 1 aliphatic rings. The van der Waals surface area contributed by atoms with Crippen molar-refractivity contribution in [2.75, 3.05) is 26.6 Å². The van der Waals surface area contributed by atoms with Crippen molar-refractivity contribution in [1.82, 2.24) is 5.32 Å². The summed E-state index contributed by atoms with van der Waals surface area (Å²) >= 11 is 0. The normalized spacial score (nSPS) is 20.5. The average molecular weight is 322 g/mol. The summed E-state index contributed by atoms with van der Waals surface area (Å²) in [5.41, 5.74) is 0.598. The molecule has 0 bridgehead atoms. The summed E-state index contributed by atoms with van der Waals surface area (Å²) in [7, 11) is 4.64. The summed E-state index contributed by atoms with van der Waals surface area (Å²) in [6.45, 7) is 2.18. The first-order valence-electron chi connectivity index (χ1n) is 7.96. The van der Waals surface area contributed by atoms with Gasteiger partial charge in [0, 0.05) is 18.2 Å². The van der Waals surface area contributed by atoms with E-state index < -0.39 is 0 Å². The SMILES string of the molecule is COc1cc(NC(=O)NC2CCCCC2C)cc(OC)c1OC. The van der Waals surface area contributed by atoms with E-state index in [4.69, 9.17) is 14.2 Å². The van der Waals surface area contributed by atoms with Gasteiger partial charge in [0.1, 0.15) is 0 Å². The Labute approximate surface area is 137 Å². The zero-order chi connectivity index (χ0) is 16.8. The van der Waals surface area contributed by atoms with E-state index in [1.54, 1.807) is 33.5 Å². The van der Waals surface area contributed by atoms with Crippen molar-refractivity contribution in [3.63, 3.8) is 0 Å². The number of methoxy groups -OCH3 is 3. The van der Waals surface area contributed by atoms with Crippen molar-refractivity contribution in [2.24, 2.45) is 5.92 Å². The van der Waals surface area contributed by atoms with Crippen LogP contribution in [0.25, 0.3) is 0 Å². The Balaban J connectivity index is 2.08. The summed E-state index contributed by atoms with van der Waals surface area (Å²) < 4.78 is 15.9. The highest BCUT2D eigenvalue weighted by atomic mass is 16.5. The highest BCUT2D eigenvalue weighted by Crippen LogP contribution is 2.39. The quantitative estimate of drug-likeness (QED) is 0.871. The Kier molecular flexibility index (Phi) is 5.96. The smallest absolute Gasteiger partial charge is 0.319 e. The van der Waals surface area contributed by atoms with Gasteiger partial charge in [-0.1, -0.05) is 19.8 Å². The number of nitrogens with one attached hydrogen (secondary N) is 2. The minimum Gasteiger partial charge on any atom is -0.493 e. The van der Waals surface area contributed by atoms with E-state index in [-0.39, 0.29) is 12.1 Å². The molecule has 6 heteroatoms. The van der Waals surface area contributed by atoms with Gasteiger partial charge < -0.3 is 24.8 Å². The van der Waals surface area contributed by atoms with Gasteiger partial charge in [-0.05, 0) is 18.8 Å². The lowest BCUT2D eigenvalue weighted by molar-refractivity contribution is 0.232. The fourth-order valence-corrected chi connectivity index (χ4v) is 3.02. The topological polar surface area (TPSA) is 68.8 Å². The lowest BCUT2D eigenvalue weighted by atomic mass is 9.86. The molecule has 0 aliphatic heterocycles. The predicted molar refractivity (Wildman–Crippen MR) is 89.7 cm³/mol. The summed E-state index contributed by atoms with van der Waals surface area (Å²) in [5.74, 6) is 2.03. The third-order valence-electron chi connectivity index (χ3n) is 4.35. The van der Waals surface area contributed by atoms with Crippen molar-refractivity contribution in [3.05, 3.63) is 12.1 Å². The number of rotatable bonds is 5. The van der Waals surface area contributed by atoms with Crippen molar-refractivity contribution in [2.45, 2.75) is 38.6 Å². The largest absolute Gasteiger partial charge is 0.493 e. The van der Waals surface area contributed by atoms with Crippen LogP contribution in [-0.4, -0.2) is 33.4 Å². The first-order chi connectivity index (χ1) is 11.1. The Morgan fingerprint density at radius 3 is 2.17 bits per heavy atom. The van der Waals surface area contributed by atoms with Crippen LogP contribution in [0.5, 0.6) is 17.2 Å². The Morgan fingerprint density at radius 1 is 1.04 bits per heavy atom. The van der Waals surface area contributed by atoms with Crippen LogP contribution < -0.4 is 24.8 Å². The Bertz CT molecular complexity index is 522. The average Bonchev–Trinajstić information content (AvgIpc) is 2.55. The molecule has 2 N–H and O–H groups in total. The highest BCUT2D eigenvalue weighted by Gasteiger charge is 2.23. The van der Waals surface area contributed by atoms with Crippen LogP contribution in [0, 0.1) is 5.92 Å². The second-order valence-corrected chi connectivity index (χ2v) is 5.88. The number of benzene rings is 1. The van der Waals surface area contributed by atoms with Crippen LogP contribution in [0.1, 0.15) is 32.6 Å². The van der Waals surface area contributed by atoms with Gasteiger partial charge in [-0.25, -0.2) is 4.79 Å². The summed E-state index contributed by atoms with van der Waals surface area (Å²) in [4.78, 5) is 12.2. The second kappa shape index (κ2) is 7.94. The van der Waals surface area contributed by atoms with E-state index in [0.29, 0.717) is 28.9 Å². The van der Waals surface area contributed by atoms with E-state index in [1.807, 2.05) is 0 Å². The monoisotopic (exact) mass is 322 g/mol. The first kappa shape index (κ1) is 17.2. The van der Waals surface area contributed by atoms with Gasteiger partial charge in [-0.3, -0.25) is 0 Å². The predicted octanol–water partition coefficient (Wildman–Crippen LogP) is 3.41. The summed E-state index contributed by atoms with van der Waals surface area (Å²) in [6, 6.07) is 3.44. The van der Waals surface area contributed by atoms with Gasteiger partial charge in [0.05, 0.1) is 27.0 Å². The Hall–Kier alpha value is -2.11. The molecule has 128 valence electrons. The fourth-order valence-electron chi connectivity index (χ4n) is 3.02. The Morgan fingerprint density at radius 2 is 1.65 bits per heavy atom. The number of urea groups is 1. The zero-order valence-electron chi connectivity index (χ0n) is 14.3. The molecule has 2 rings (SSSR count). The molecule has 1 aliphatic carbocycles. The van der Waals surface area contributed by atoms with Gasteiger partial charge >= 0.3 is 6.03 Å². The third kappa shape index (κ3) is 4.21. The zero-order valence-corrected chi connectivity index (χ0v) is 14.3. The van der Waals surface area contributed by atoms with Gasteiger partial charge in [-0.15, -0.1) is 0 Å². The molecule has 2 unspecified atom stereocenters. The van der Waals surface area contributed by atoms with E-state index in [1.165, 1.54) is 12.8 Å². The van der Waals surface area contributed by atoms with Gasteiger partial charge in [-0.2, -0.15) is 0 Å². The third-order valence-corrected chi connectivity index (χ3v) is 4.35. The molecule has 2 atom stereocenters. The molecular formula is C17H26N2O4.